The first-order valence-corrected chi connectivity index (χ1v) is 6.71. The highest BCUT2D eigenvalue weighted by atomic mass is 16.5. The van der Waals surface area contributed by atoms with Gasteiger partial charge in [0.05, 0.1) is 13.2 Å². The molecule has 1 aliphatic rings. The fraction of sp³-hybridized carbons (Fsp3) is 0.600. The Hall–Kier alpha value is -0.900. The fourth-order valence-corrected chi connectivity index (χ4v) is 2.73. The maximum absolute atomic E-state index is 9.55. The van der Waals surface area contributed by atoms with Gasteiger partial charge in [0.25, 0.3) is 0 Å². The molecule has 100 valence electrons. The van der Waals surface area contributed by atoms with Gasteiger partial charge < -0.3 is 15.2 Å². The normalized spacial score (nSPS) is 18.1. The van der Waals surface area contributed by atoms with E-state index in [2.05, 4.69) is 29.6 Å². The summed E-state index contributed by atoms with van der Waals surface area (Å²) < 4.78 is 5.14. The van der Waals surface area contributed by atoms with Crippen LogP contribution in [0.2, 0.25) is 0 Å². The minimum Gasteiger partial charge on any atom is -0.394 e. The van der Waals surface area contributed by atoms with Gasteiger partial charge in [0.2, 0.25) is 0 Å². The molecule has 18 heavy (non-hydrogen) atoms. The molecule has 3 heteroatoms. The molecule has 0 aliphatic heterocycles. The average molecular weight is 249 g/mol. The lowest BCUT2D eigenvalue weighted by atomic mass is 9.98. The molecule has 0 unspecified atom stereocenters. The zero-order chi connectivity index (χ0) is 12.8. The van der Waals surface area contributed by atoms with Crippen LogP contribution >= 0.6 is 0 Å². The van der Waals surface area contributed by atoms with Crippen LogP contribution < -0.4 is 5.32 Å². The molecule has 2 rings (SSSR count). The lowest BCUT2D eigenvalue weighted by Gasteiger charge is -2.28. The highest BCUT2D eigenvalue weighted by Crippen LogP contribution is 2.29. The summed E-state index contributed by atoms with van der Waals surface area (Å²) in [4.78, 5) is 0. The van der Waals surface area contributed by atoms with Crippen LogP contribution in [0.25, 0.3) is 0 Å². The van der Waals surface area contributed by atoms with E-state index in [0.717, 1.165) is 19.4 Å². The third-order valence-electron chi connectivity index (χ3n) is 3.83. The number of hydrogen-bond donors (Lipinski definition) is 2. The Morgan fingerprint density at radius 2 is 2.00 bits per heavy atom. The van der Waals surface area contributed by atoms with Gasteiger partial charge in [-0.25, -0.2) is 0 Å². The van der Waals surface area contributed by atoms with Crippen molar-refractivity contribution in [2.45, 2.75) is 44.4 Å². The highest BCUT2D eigenvalue weighted by Gasteiger charge is 2.32. The Morgan fingerprint density at radius 3 is 2.67 bits per heavy atom. The second-order valence-electron chi connectivity index (χ2n) is 5.25. The van der Waals surface area contributed by atoms with Crippen LogP contribution in [-0.2, 0) is 17.9 Å². The van der Waals surface area contributed by atoms with E-state index in [-0.39, 0.29) is 12.1 Å². The van der Waals surface area contributed by atoms with Crippen LogP contribution in [0.15, 0.2) is 24.3 Å². The summed E-state index contributed by atoms with van der Waals surface area (Å²) in [6.45, 7) is 1.71. The van der Waals surface area contributed by atoms with Gasteiger partial charge in [-0.3, -0.25) is 0 Å². The Bertz CT molecular complexity index is 373. The van der Waals surface area contributed by atoms with Gasteiger partial charge in [0, 0.05) is 19.2 Å². The lowest BCUT2D eigenvalue weighted by molar-refractivity contribution is 0.163. The van der Waals surface area contributed by atoms with Gasteiger partial charge in [-0.05, 0) is 24.0 Å². The first kappa shape index (κ1) is 13.5. The predicted octanol–water partition coefficient (Wildman–Crippen LogP) is 2.23. The van der Waals surface area contributed by atoms with E-state index < -0.39 is 0 Å². The number of aliphatic hydroxyl groups excluding tert-OH is 1. The number of hydrogen-bond acceptors (Lipinski definition) is 3. The van der Waals surface area contributed by atoms with Crippen molar-refractivity contribution in [2.75, 3.05) is 13.7 Å². The molecule has 0 saturated heterocycles. The van der Waals surface area contributed by atoms with Crippen molar-refractivity contribution in [3.05, 3.63) is 35.4 Å². The van der Waals surface area contributed by atoms with E-state index >= 15 is 0 Å². The van der Waals surface area contributed by atoms with E-state index in [1.165, 1.54) is 24.0 Å². The molecular formula is C15H23NO2. The molecule has 0 atom stereocenters. The Balaban J connectivity index is 1.94. The Kier molecular flexibility index (Phi) is 4.75. The molecule has 0 spiro atoms. The first-order chi connectivity index (χ1) is 8.78. The van der Waals surface area contributed by atoms with Crippen LogP contribution in [0.5, 0.6) is 0 Å². The molecule has 0 bridgehead atoms. The number of ether oxygens (including phenoxy) is 1. The molecule has 0 amide bonds. The van der Waals surface area contributed by atoms with Gasteiger partial charge in [0.15, 0.2) is 0 Å². The third kappa shape index (κ3) is 3.31. The van der Waals surface area contributed by atoms with Gasteiger partial charge in [-0.2, -0.15) is 0 Å². The lowest BCUT2D eigenvalue weighted by Crippen LogP contribution is -2.45. The number of methoxy groups -OCH3 is 1. The van der Waals surface area contributed by atoms with Crippen molar-refractivity contribution in [3.63, 3.8) is 0 Å². The molecule has 1 fully saturated rings. The zero-order valence-corrected chi connectivity index (χ0v) is 11.1. The number of rotatable bonds is 6. The monoisotopic (exact) mass is 249 g/mol. The molecule has 1 aromatic carbocycles. The molecular weight excluding hydrogens is 226 g/mol. The fourth-order valence-electron chi connectivity index (χ4n) is 2.73. The average Bonchev–Trinajstić information content (AvgIpc) is 2.87. The van der Waals surface area contributed by atoms with Gasteiger partial charge in [-0.15, -0.1) is 0 Å². The number of nitrogens with one attached hydrogen (secondary N) is 1. The quantitative estimate of drug-likeness (QED) is 0.812. The van der Waals surface area contributed by atoms with Crippen LogP contribution in [-0.4, -0.2) is 24.4 Å². The van der Waals surface area contributed by atoms with Crippen LogP contribution in [0.3, 0.4) is 0 Å². The minimum atomic E-state index is -0.0444. The van der Waals surface area contributed by atoms with Crippen LogP contribution in [0.1, 0.15) is 36.8 Å². The standard InChI is InChI=1S/C15H23NO2/c1-18-11-14-6-4-5-13(9-14)10-16-15(12-17)7-2-3-8-15/h4-6,9,16-17H,2-3,7-8,10-12H2,1H3. The van der Waals surface area contributed by atoms with Crippen molar-refractivity contribution in [1.82, 2.24) is 5.32 Å². The molecule has 0 radical (unpaired) electrons. The van der Waals surface area contributed by atoms with Crippen molar-refractivity contribution in [1.29, 1.82) is 0 Å². The predicted molar refractivity (Wildman–Crippen MR) is 72.3 cm³/mol. The Labute approximate surface area is 109 Å². The maximum atomic E-state index is 9.55. The summed E-state index contributed by atoms with van der Waals surface area (Å²) in [6, 6.07) is 8.42. The van der Waals surface area contributed by atoms with Crippen LogP contribution in [0, 0.1) is 0 Å². The van der Waals surface area contributed by atoms with E-state index in [9.17, 15) is 5.11 Å². The Morgan fingerprint density at radius 1 is 1.28 bits per heavy atom. The van der Waals surface area contributed by atoms with Crippen molar-refractivity contribution in [2.24, 2.45) is 0 Å². The summed E-state index contributed by atoms with van der Waals surface area (Å²) in [6.07, 6.45) is 4.61. The smallest absolute Gasteiger partial charge is 0.0713 e. The van der Waals surface area contributed by atoms with Crippen molar-refractivity contribution in [3.8, 4) is 0 Å². The molecule has 0 aromatic heterocycles. The molecule has 3 nitrogen and oxygen atoms in total. The van der Waals surface area contributed by atoms with E-state index in [4.69, 9.17) is 4.74 Å². The highest BCUT2D eigenvalue weighted by molar-refractivity contribution is 5.23. The van der Waals surface area contributed by atoms with E-state index in [1.54, 1.807) is 7.11 Å². The molecule has 1 aliphatic carbocycles. The van der Waals surface area contributed by atoms with Gasteiger partial charge in [-0.1, -0.05) is 37.1 Å². The second-order valence-corrected chi connectivity index (χ2v) is 5.25. The second kappa shape index (κ2) is 6.32. The first-order valence-electron chi connectivity index (χ1n) is 6.71. The summed E-state index contributed by atoms with van der Waals surface area (Å²) in [5, 5.41) is 13.1. The largest absolute Gasteiger partial charge is 0.394 e. The van der Waals surface area contributed by atoms with Crippen molar-refractivity contribution < 1.29 is 9.84 Å². The topological polar surface area (TPSA) is 41.5 Å². The molecule has 0 heterocycles. The van der Waals surface area contributed by atoms with E-state index in [0.29, 0.717) is 6.61 Å². The third-order valence-corrected chi connectivity index (χ3v) is 3.83. The molecule has 1 saturated carbocycles. The minimum absolute atomic E-state index is 0.0444. The zero-order valence-electron chi connectivity index (χ0n) is 11.1. The summed E-state index contributed by atoms with van der Waals surface area (Å²) >= 11 is 0. The molecule has 1 aromatic rings. The van der Waals surface area contributed by atoms with Gasteiger partial charge in [0.1, 0.15) is 0 Å². The number of aliphatic hydroxyl groups is 1. The van der Waals surface area contributed by atoms with E-state index in [1.807, 2.05) is 0 Å². The SMILES string of the molecule is COCc1cccc(CNC2(CO)CCCC2)c1. The summed E-state index contributed by atoms with van der Waals surface area (Å²) in [7, 11) is 1.71. The maximum Gasteiger partial charge on any atom is 0.0713 e. The van der Waals surface area contributed by atoms with Gasteiger partial charge >= 0.3 is 0 Å². The van der Waals surface area contributed by atoms with Crippen molar-refractivity contribution >= 4 is 0 Å². The summed E-state index contributed by atoms with van der Waals surface area (Å²) in [5.74, 6) is 0. The summed E-state index contributed by atoms with van der Waals surface area (Å²) in [5.41, 5.74) is 2.41. The molecule has 2 N–H and O–H groups in total. The van der Waals surface area contributed by atoms with Crippen LogP contribution in [0.4, 0.5) is 0 Å². The number of benzene rings is 1.